The van der Waals surface area contributed by atoms with Crippen LogP contribution in [-0.4, -0.2) is 31.8 Å². The van der Waals surface area contributed by atoms with Crippen molar-refractivity contribution in [3.05, 3.63) is 99.0 Å². The lowest BCUT2D eigenvalue weighted by Crippen LogP contribution is -2.35. The van der Waals surface area contributed by atoms with Gasteiger partial charge < -0.3 is 10.6 Å². The molecule has 1 aliphatic heterocycles. The van der Waals surface area contributed by atoms with Crippen LogP contribution in [0, 0.1) is 11.6 Å². The number of aryl methyl sites for hydroxylation is 1. The van der Waals surface area contributed by atoms with E-state index in [1.54, 1.807) is 0 Å². The Morgan fingerprint density at radius 2 is 1.82 bits per heavy atom. The minimum atomic E-state index is -4.98. The van der Waals surface area contributed by atoms with E-state index in [9.17, 15) is 40.3 Å². The number of carbonyl (C=O) groups excluding carboxylic acids is 2. The molecule has 0 saturated heterocycles. The van der Waals surface area contributed by atoms with Crippen LogP contribution >= 0.6 is 11.6 Å². The molecule has 0 fully saturated rings. The van der Waals surface area contributed by atoms with E-state index in [-0.39, 0.29) is 55.6 Å². The van der Waals surface area contributed by atoms with E-state index < -0.39 is 58.9 Å². The van der Waals surface area contributed by atoms with Gasteiger partial charge in [0.15, 0.2) is 0 Å². The van der Waals surface area contributed by atoms with Crippen LogP contribution < -0.4 is 10.6 Å². The second kappa shape index (κ2) is 10.4. The van der Waals surface area contributed by atoms with Crippen LogP contribution in [0.1, 0.15) is 55.7 Å². The van der Waals surface area contributed by atoms with Gasteiger partial charge in [0.2, 0.25) is 0 Å². The highest BCUT2D eigenvalue weighted by Gasteiger charge is 2.37. The van der Waals surface area contributed by atoms with Crippen LogP contribution in [0.4, 0.5) is 36.4 Å². The monoisotopic (exact) mass is 636 g/mol. The molecule has 5 aromatic rings. The van der Waals surface area contributed by atoms with Gasteiger partial charge in [0.05, 0.1) is 17.8 Å². The Morgan fingerprint density at radius 1 is 1.07 bits per heavy atom. The van der Waals surface area contributed by atoms with Crippen molar-refractivity contribution in [2.45, 2.75) is 18.6 Å². The van der Waals surface area contributed by atoms with E-state index in [4.69, 9.17) is 11.6 Å². The number of aromatic amines is 1. The number of alkyl halides is 5. The maximum absolute atomic E-state index is 14.4. The van der Waals surface area contributed by atoms with Gasteiger partial charge in [-0.05, 0) is 42.5 Å². The molecule has 6 rings (SSSR count). The summed E-state index contributed by atoms with van der Waals surface area (Å²) in [7, 11) is 1.41. The molecule has 0 spiro atoms. The highest BCUT2D eigenvalue weighted by molar-refractivity contribution is 6.31. The van der Waals surface area contributed by atoms with Crippen molar-refractivity contribution in [2.75, 3.05) is 5.32 Å². The van der Waals surface area contributed by atoms with Gasteiger partial charge in [0.1, 0.15) is 28.5 Å². The Labute approximate surface area is 246 Å². The molecule has 16 heteroatoms. The standard InChI is InChI=1S/C28H16ClF7N6O2/c1-42-24-20-19(21(39-27(24)44)15-7-12(30)2-3-17(15)29)18(8-14(22(20)41-42)16-9-37-40-23(16)25(32)33)38-26(43)10-4-11(28(34,35)36)6-13(31)5-10/h2-9,21,25H,1H3,(H,37,40)(H,38,43)(H,39,44). The second-order valence-corrected chi connectivity index (χ2v) is 10.2. The van der Waals surface area contributed by atoms with Crippen LogP contribution in [0.2, 0.25) is 5.02 Å². The average Bonchev–Trinajstić information content (AvgIpc) is 3.57. The Bertz CT molecular complexity index is 2000. The first-order chi connectivity index (χ1) is 20.7. The topological polar surface area (TPSA) is 105 Å². The zero-order valence-corrected chi connectivity index (χ0v) is 22.7. The molecule has 0 saturated carbocycles. The predicted octanol–water partition coefficient (Wildman–Crippen LogP) is 6.94. The number of hydrogen-bond donors (Lipinski definition) is 3. The van der Waals surface area contributed by atoms with Crippen molar-refractivity contribution in [1.82, 2.24) is 25.3 Å². The van der Waals surface area contributed by atoms with Crippen molar-refractivity contribution in [1.29, 1.82) is 0 Å². The maximum atomic E-state index is 14.4. The number of H-pyrrole nitrogens is 1. The molecule has 1 unspecified atom stereocenters. The number of benzene rings is 3. The lowest BCUT2D eigenvalue weighted by atomic mass is 9.87. The minimum Gasteiger partial charge on any atom is -0.340 e. The fourth-order valence-corrected chi connectivity index (χ4v) is 5.49. The van der Waals surface area contributed by atoms with E-state index in [1.807, 2.05) is 0 Å². The number of aromatic nitrogens is 4. The molecule has 2 amide bonds. The largest absolute Gasteiger partial charge is 0.416 e. The van der Waals surface area contributed by atoms with Crippen LogP contribution in [-0.2, 0) is 13.2 Å². The molecule has 2 aromatic heterocycles. The van der Waals surface area contributed by atoms with Gasteiger partial charge in [-0.1, -0.05) is 11.6 Å². The molecule has 226 valence electrons. The fraction of sp³-hybridized carbons (Fsp3) is 0.143. The SMILES string of the molecule is Cn1nc2c(-c3cn[nH]c3C(F)F)cc(NC(=O)c3cc(F)cc(C(F)(F)F)c3)c3c2c1C(=O)NC3c1cc(F)ccc1Cl. The highest BCUT2D eigenvalue weighted by Crippen LogP contribution is 2.46. The van der Waals surface area contributed by atoms with E-state index >= 15 is 0 Å². The van der Waals surface area contributed by atoms with Crippen molar-refractivity contribution in [3.63, 3.8) is 0 Å². The maximum Gasteiger partial charge on any atom is 0.416 e. The first kappa shape index (κ1) is 29.2. The zero-order valence-electron chi connectivity index (χ0n) is 22.0. The summed E-state index contributed by atoms with van der Waals surface area (Å²) in [6.45, 7) is 0. The Hall–Kier alpha value is -4.92. The van der Waals surface area contributed by atoms with Gasteiger partial charge in [-0.25, -0.2) is 17.6 Å². The van der Waals surface area contributed by atoms with Gasteiger partial charge in [-0.3, -0.25) is 19.4 Å². The number of halogens is 8. The molecule has 3 heterocycles. The summed E-state index contributed by atoms with van der Waals surface area (Å²) in [4.78, 5) is 26.7. The van der Waals surface area contributed by atoms with Crippen LogP contribution in [0.3, 0.4) is 0 Å². The third-order valence-corrected chi connectivity index (χ3v) is 7.46. The summed E-state index contributed by atoms with van der Waals surface area (Å²) in [6, 6.07) is 4.52. The van der Waals surface area contributed by atoms with E-state index in [1.165, 1.54) is 23.9 Å². The second-order valence-electron chi connectivity index (χ2n) is 9.83. The molecular weight excluding hydrogens is 621 g/mol. The first-order valence-corrected chi connectivity index (χ1v) is 12.9. The third-order valence-electron chi connectivity index (χ3n) is 7.11. The smallest absolute Gasteiger partial charge is 0.340 e. The molecule has 0 radical (unpaired) electrons. The molecule has 8 nitrogen and oxygen atoms in total. The lowest BCUT2D eigenvalue weighted by Gasteiger charge is -2.28. The van der Waals surface area contributed by atoms with Gasteiger partial charge >= 0.3 is 6.18 Å². The zero-order chi connectivity index (χ0) is 31.7. The molecule has 44 heavy (non-hydrogen) atoms. The van der Waals surface area contributed by atoms with Gasteiger partial charge in [0.25, 0.3) is 18.2 Å². The molecule has 0 aliphatic carbocycles. The lowest BCUT2D eigenvalue weighted by molar-refractivity contribution is -0.137. The number of nitrogens with zero attached hydrogens (tertiary/aromatic N) is 3. The third kappa shape index (κ3) is 4.82. The Kier molecular flexibility index (Phi) is 6.87. The summed E-state index contributed by atoms with van der Waals surface area (Å²) in [5, 5.41) is 15.4. The summed E-state index contributed by atoms with van der Waals surface area (Å²) in [5.74, 6) is -3.98. The van der Waals surface area contributed by atoms with Crippen molar-refractivity contribution >= 4 is 40.0 Å². The predicted molar refractivity (Wildman–Crippen MR) is 143 cm³/mol. The normalized spacial score (nSPS) is 14.8. The Balaban J connectivity index is 1.64. The van der Waals surface area contributed by atoms with Crippen molar-refractivity contribution in [3.8, 4) is 11.1 Å². The van der Waals surface area contributed by atoms with Gasteiger partial charge in [-0.2, -0.15) is 23.4 Å². The average molecular weight is 637 g/mol. The van der Waals surface area contributed by atoms with Crippen molar-refractivity contribution < 1.29 is 40.3 Å². The summed E-state index contributed by atoms with van der Waals surface area (Å²) < 4.78 is 97.7. The molecule has 1 atom stereocenters. The Morgan fingerprint density at radius 3 is 2.52 bits per heavy atom. The van der Waals surface area contributed by atoms with E-state index in [0.717, 1.165) is 18.3 Å². The molecule has 3 N–H and O–H groups in total. The number of anilines is 1. The number of carbonyl (C=O) groups is 2. The summed E-state index contributed by atoms with van der Waals surface area (Å²) in [6.07, 6.45) is -6.94. The van der Waals surface area contributed by atoms with E-state index in [0.29, 0.717) is 12.1 Å². The quantitative estimate of drug-likeness (QED) is 0.182. The van der Waals surface area contributed by atoms with Crippen LogP contribution in [0.5, 0.6) is 0 Å². The highest BCUT2D eigenvalue weighted by atomic mass is 35.5. The minimum absolute atomic E-state index is 0.00770. The number of rotatable bonds is 5. The number of amides is 2. The molecular formula is C28H16ClF7N6O2. The molecule has 3 aromatic carbocycles. The summed E-state index contributed by atoms with van der Waals surface area (Å²) >= 11 is 6.37. The number of hydrogen-bond acceptors (Lipinski definition) is 4. The molecule has 1 aliphatic rings. The fourth-order valence-electron chi connectivity index (χ4n) is 5.26. The number of nitrogens with one attached hydrogen (secondary N) is 3. The van der Waals surface area contributed by atoms with Crippen molar-refractivity contribution in [2.24, 2.45) is 7.05 Å². The summed E-state index contributed by atoms with van der Waals surface area (Å²) in [5.41, 5.74) is -3.06. The van der Waals surface area contributed by atoms with Gasteiger partial charge in [-0.15, -0.1) is 0 Å². The van der Waals surface area contributed by atoms with Crippen LogP contribution in [0.25, 0.3) is 22.0 Å². The van der Waals surface area contributed by atoms with Crippen LogP contribution in [0.15, 0.2) is 48.7 Å². The van der Waals surface area contributed by atoms with Gasteiger partial charge in [0, 0.05) is 51.0 Å². The first-order valence-electron chi connectivity index (χ1n) is 12.5. The molecule has 0 bridgehead atoms. The van der Waals surface area contributed by atoms with E-state index in [2.05, 4.69) is 25.9 Å².